The predicted octanol–water partition coefficient (Wildman–Crippen LogP) is 1.74. The van der Waals surface area contributed by atoms with Crippen LogP contribution in [-0.4, -0.2) is 41.9 Å². The summed E-state index contributed by atoms with van der Waals surface area (Å²) in [5.41, 5.74) is -0.409. The highest BCUT2D eigenvalue weighted by atomic mass is 16.5. The summed E-state index contributed by atoms with van der Waals surface area (Å²) >= 11 is 0. The van der Waals surface area contributed by atoms with Crippen LogP contribution in [0.4, 0.5) is 4.79 Å². The molecule has 0 radical (unpaired) electrons. The molecule has 0 aromatic rings. The van der Waals surface area contributed by atoms with Crippen molar-refractivity contribution in [3.05, 3.63) is 0 Å². The van der Waals surface area contributed by atoms with Gasteiger partial charge in [0.1, 0.15) is 0 Å². The van der Waals surface area contributed by atoms with Gasteiger partial charge < -0.3 is 20.5 Å². The lowest BCUT2D eigenvalue weighted by Crippen LogP contribution is -2.53. The first kappa shape index (κ1) is 16.8. The van der Waals surface area contributed by atoms with Crippen LogP contribution in [0.2, 0.25) is 0 Å². The molecule has 116 valence electrons. The third-order valence-corrected chi connectivity index (χ3v) is 3.25. The van der Waals surface area contributed by atoms with Crippen LogP contribution in [0.3, 0.4) is 0 Å². The van der Waals surface area contributed by atoms with Gasteiger partial charge in [-0.2, -0.15) is 0 Å². The number of carboxylic acids is 1. The van der Waals surface area contributed by atoms with Crippen LogP contribution in [0.25, 0.3) is 0 Å². The smallest absolute Gasteiger partial charge is 0.315 e. The average Bonchev–Trinajstić information content (AvgIpc) is 2.59. The van der Waals surface area contributed by atoms with Crippen LogP contribution in [0.5, 0.6) is 0 Å². The Hall–Kier alpha value is -1.30. The number of aliphatic carboxylic acids is 1. The van der Waals surface area contributed by atoms with E-state index in [1.54, 1.807) is 0 Å². The molecule has 0 aromatic heterocycles. The molecule has 20 heavy (non-hydrogen) atoms. The Labute approximate surface area is 120 Å². The highest BCUT2D eigenvalue weighted by Crippen LogP contribution is 2.22. The highest BCUT2D eigenvalue weighted by molar-refractivity contribution is 5.76. The second kappa shape index (κ2) is 6.43. The Balaban J connectivity index is 2.54. The summed E-state index contributed by atoms with van der Waals surface area (Å²) in [5, 5.41) is 14.6. The van der Waals surface area contributed by atoms with Crippen molar-refractivity contribution >= 4 is 12.0 Å². The van der Waals surface area contributed by atoms with E-state index < -0.39 is 5.97 Å². The first-order chi connectivity index (χ1) is 9.10. The maximum Gasteiger partial charge on any atom is 0.315 e. The molecule has 0 bridgehead atoms. The summed E-state index contributed by atoms with van der Waals surface area (Å²) in [6.07, 6.45) is 1.31. The molecule has 1 aliphatic heterocycles. The van der Waals surface area contributed by atoms with Crippen LogP contribution in [0.15, 0.2) is 0 Å². The number of carboxylic acid groups (broad SMARTS) is 1. The minimum atomic E-state index is -0.907. The van der Waals surface area contributed by atoms with Gasteiger partial charge in [-0.1, -0.05) is 20.8 Å². The molecule has 0 spiro atoms. The molecule has 3 N–H and O–H groups in total. The largest absolute Gasteiger partial charge is 0.481 e. The Morgan fingerprint density at radius 2 is 2.05 bits per heavy atom. The van der Waals surface area contributed by atoms with Gasteiger partial charge in [0, 0.05) is 12.6 Å². The summed E-state index contributed by atoms with van der Waals surface area (Å²) in [7, 11) is 0. The van der Waals surface area contributed by atoms with E-state index in [2.05, 4.69) is 10.6 Å². The summed E-state index contributed by atoms with van der Waals surface area (Å²) in [6, 6.07) is -0.702. The minimum absolute atomic E-state index is 0.0478. The normalized spacial score (nSPS) is 24.2. The first-order valence-corrected chi connectivity index (χ1v) is 6.98. The van der Waals surface area contributed by atoms with E-state index in [0.29, 0.717) is 19.6 Å². The Morgan fingerprint density at radius 1 is 1.40 bits per heavy atom. The van der Waals surface area contributed by atoms with Gasteiger partial charge in [0.15, 0.2) is 0 Å². The maximum atomic E-state index is 12.0. The SMILES string of the molecule is CC(C)(C)CC(CC(=O)O)NC(=O)NC1(C)CCOC1. The Bertz CT molecular complexity index is 357. The van der Waals surface area contributed by atoms with E-state index in [-0.39, 0.29) is 29.4 Å². The lowest BCUT2D eigenvalue weighted by Gasteiger charge is -2.29. The number of amides is 2. The number of carbonyl (C=O) groups excluding carboxylic acids is 1. The molecule has 1 aliphatic rings. The lowest BCUT2D eigenvalue weighted by atomic mass is 9.87. The molecule has 1 rings (SSSR count). The van der Waals surface area contributed by atoms with Gasteiger partial charge in [-0.3, -0.25) is 4.79 Å². The quantitative estimate of drug-likeness (QED) is 0.718. The van der Waals surface area contributed by atoms with Crippen LogP contribution < -0.4 is 10.6 Å². The average molecular weight is 286 g/mol. The predicted molar refractivity (Wildman–Crippen MR) is 75.6 cm³/mol. The van der Waals surface area contributed by atoms with E-state index in [9.17, 15) is 9.59 Å². The van der Waals surface area contributed by atoms with Crippen molar-refractivity contribution in [1.82, 2.24) is 10.6 Å². The van der Waals surface area contributed by atoms with Crippen molar-refractivity contribution in [2.24, 2.45) is 5.41 Å². The van der Waals surface area contributed by atoms with Crippen molar-refractivity contribution in [2.75, 3.05) is 13.2 Å². The van der Waals surface area contributed by atoms with E-state index in [1.165, 1.54) is 0 Å². The van der Waals surface area contributed by atoms with E-state index in [1.807, 2.05) is 27.7 Å². The second-order valence-electron chi connectivity index (χ2n) is 7.02. The van der Waals surface area contributed by atoms with Crippen molar-refractivity contribution in [3.63, 3.8) is 0 Å². The summed E-state index contributed by atoms with van der Waals surface area (Å²) in [5.74, 6) is -0.907. The van der Waals surface area contributed by atoms with Crippen LogP contribution in [-0.2, 0) is 9.53 Å². The summed E-state index contributed by atoms with van der Waals surface area (Å²) in [6.45, 7) is 9.12. The topological polar surface area (TPSA) is 87.7 Å². The maximum absolute atomic E-state index is 12.0. The van der Waals surface area contributed by atoms with Gasteiger partial charge in [-0.15, -0.1) is 0 Å². The fourth-order valence-electron chi connectivity index (χ4n) is 2.39. The number of carbonyl (C=O) groups is 2. The van der Waals surface area contributed by atoms with Gasteiger partial charge >= 0.3 is 12.0 Å². The number of hydrogen-bond acceptors (Lipinski definition) is 3. The van der Waals surface area contributed by atoms with Gasteiger partial charge in [0.2, 0.25) is 0 Å². The van der Waals surface area contributed by atoms with Crippen LogP contribution in [0, 0.1) is 5.41 Å². The second-order valence-corrected chi connectivity index (χ2v) is 7.02. The Kier molecular flexibility index (Phi) is 5.39. The zero-order chi connectivity index (χ0) is 15.4. The molecule has 0 saturated carbocycles. The van der Waals surface area contributed by atoms with Gasteiger partial charge in [-0.25, -0.2) is 4.79 Å². The number of ether oxygens (including phenoxy) is 1. The molecule has 0 aliphatic carbocycles. The van der Waals surface area contributed by atoms with Gasteiger partial charge in [0.25, 0.3) is 0 Å². The van der Waals surface area contributed by atoms with E-state index in [0.717, 1.165) is 6.42 Å². The molecular weight excluding hydrogens is 260 g/mol. The summed E-state index contributed by atoms with van der Waals surface area (Å²) < 4.78 is 5.27. The zero-order valence-electron chi connectivity index (χ0n) is 12.8. The zero-order valence-corrected chi connectivity index (χ0v) is 12.8. The number of urea groups is 1. The minimum Gasteiger partial charge on any atom is -0.481 e. The number of rotatable bonds is 5. The molecule has 6 nitrogen and oxygen atoms in total. The number of hydrogen-bond donors (Lipinski definition) is 3. The van der Waals surface area contributed by atoms with Crippen LogP contribution >= 0.6 is 0 Å². The van der Waals surface area contributed by atoms with E-state index in [4.69, 9.17) is 9.84 Å². The van der Waals surface area contributed by atoms with Gasteiger partial charge in [-0.05, 0) is 25.2 Å². The van der Waals surface area contributed by atoms with Crippen molar-refractivity contribution in [2.45, 2.75) is 58.5 Å². The number of nitrogens with one attached hydrogen (secondary N) is 2. The summed E-state index contributed by atoms with van der Waals surface area (Å²) in [4.78, 5) is 22.9. The molecule has 1 saturated heterocycles. The standard InChI is InChI=1S/C14H26N2O4/c1-13(2,3)8-10(7-11(17)18)15-12(19)16-14(4)5-6-20-9-14/h10H,5-9H2,1-4H3,(H,17,18)(H2,15,16,19). The molecule has 6 heteroatoms. The lowest BCUT2D eigenvalue weighted by molar-refractivity contribution is -0.137. The van der Waals surface area contributed by atoms with Crippen LogP contribution in [0.1, 0.15) is 47.0 Å². The molecule has 1 fully saturated rings. The Morgan fingerprint density at radius 3 is 2.50 bits per heavy atom. The third kappa shape index (κ3) is 6.23. The molecule has 1 heterocycles. The van der Waals surface area contributed by atoms with Crippen molar-refractivity contribution < 1.29 is 19.4 Å². The van der Waals surface area contributed by atoms with Gasteiger partial charge in [0.05, 0.1) is 18.6 Å². The molecule has 2 amide bonds. The molecule has 0 aromatic carbocycles. The van der Waals surface area contributed by atoms with Crippen molar-refractivity contribution in [3.8, 4) is 0 Å². The van der Waals surface area contributed by atoms with Crippen molar-refractivity contribution in [1.29, 1.82) is 0 Å². The third-order valence-electron chi connectivity index (χ3n) is 3.25. The molecule has 2 atom stereocenters. The van der Waals surface area contributed by atoms with E-state index >= 15 is 0 Å². The fourth-order valence-corrected chi connectivity index (χ4v) is 2.39. The first-order valence-electron chi connectivity index (χ1n) is 6.98. The highest BCUT2D eigenvalue weighted by Gasteiger charge is 2.32. The molecular formula is C14H26N2O4. The monoisotopic (exact) mass is 286 g/mol. The molecule has 2 unspecified atom stereocenters. The fraction of sp³-hybridized carbons (Fsp3) is 0.857.